The molecule has 9 nitrogen and oxygen atoms in total. The highest BCUT2D eigenvalue weighted by Gasteiger charge is 2.20. The molecule has 0 radical (unpaired) electrons. The van der Waals surface area contributed by atoms with Gasteiger partial charge in [0.2, 0.25) is 5.91 Å². The second-order valence-corrected chi connectivity index (χ2v) is 8.43. The van der Waals surface area contributed by atoms with Gasteiger partial charge in [0.05, 0.1) is 10.5 Å². The zero-order valence-corrected chi connectivity index (χ0v) is 19.3. The van der Waals surface area contributed by atoms with Gasteiger partial charge in [-0.25, -0.2) is 4.79 Å². The van der Waals surface area contributed by atoms with Crippen molar-refractivity contribution in [3.63, 3.8) is 0 Å². The van der Waals surface area contributed by atoms with Crippen LogP contribution in [0.4, 0.5) is 17.1 Å². The monoisotopic (exact) mass is 499 g/mol. The number of nitrogens with one attached hydrogen (secondary N) is 2. The summed E-state index contributed by atoms with van der Waals surface area (Å²) in [5, 5.41) is 16.9. The van der Waals surface area contributed by atoms with Crippen LogP contribution in [-0.2, 0) is 14.3 Å². The van der Waals surface area contributed by atoms with Gasteiger partial charge in [-0.15, -0.1) is 0 Å². The van der Waals surface area contributed by atoms with E-state index < -0.39 is 23.4 Å². The van der Waals surface area contributed by atoms with Gasteiger partial charge in [0.1, 0.15) is 0 Å². The number of halogens is 1. The van der Waals surface area contributed by atoms with Gasteiger partial charge in [0, 0.05) is 45.2 Å². The molecule has 11 heteroatoms. The number of nitro groups is 1. The van der Waals surface area contributed by atoms with Crippen LogP contribution < -0.4 is 10.6 Å². The second-order valence-electron chi connectivity index (χ2n) is 6.88. The maximum absolute atomic E-state index is 12.7. The van der Waals surface area contributed by atoms with Crippen LogP contribution in [0.15, 0.2) is 76.5 Å². The summed E-state index contributed by atoms with van der Waals surface area (Å²) in [4.78, 5) is 47.7. The van der Waals surface area contributed by atoms with E-state index in [1.807, 2.05) is 0 Å². The maximum atomic E-state index is 12.7. The quantitative estimate of drug-likeness (QED) is 0.249. The molecule has 0 saturated carbocycles. The van der Waals surface area contributed by atoms with Crippen LogP contribution in [0.1, 0.15) is 17.3 Å². The number of esters is 1. The van der Waals surface area contributed by atoms with Crippen LogP contribution in [0, 0.1) is 10.1 Å². The van der Waals surface area contributed by atoms with Crippen molar-refractivity contribution in [1.29, 1.82) is 0 Å². The maximum Gasteiger partial charge on any atom is 0.340 e. The molecule has 0 unspecified atom stereocenters. The van der Waals surface area contributed by atoms with E-state index in [1.165, 1.54) is 30.8 Å². The van der Waals surface area contributed by atoms with E-state index in [0.29, 0.717) is 21.3 Å². The highest BCUT2D eigenvalue weighted by Crippen LogP contribution is 2.33. The van der Waals surface area contributed by atoms with Gasteiger partial charge in [-0.05, 0) is 54.6 Å². The van der Waals surface area contributed by atoms with Crippen molar-refractivity contribution in [2.24, 2.45) is 0 Å². The Morgan fingerprint density at radius 1 is 0.971 bits per heavy atom. The first-order valence-corrected chi connectivity index (χ1v) is 11.0. The van der Waals surface area contributed by atoms with Crippen molar-refractivity contribution >= 4 is 58.2 Å². The number of non-ortho nitro benzene ring substituents is 1. The number of benzene rings is 3. The minimum absolute atomic E-state index is 0.0402. The summed E-state index contributed by atoms with van der Waals surface area (Å²) < 4.78 is 5.11. The fourth-order valence-corrected chi connectivity index (χ4v) is 3.80. The van der Waals surface area contributed by atoms with Crippen LogP contribution in [-0.4, -0.2) is 29.3 Å². The molecule has 0 atom stereocenters. The average molecular weight is 500 g/mol. The molecule has 0 bridgehead atoms. The molecule has 174 valence electrons. The standard InChI is InChI=1S/C23H18ClN3O6S/c1-14(28)25-16-4-6-17(7-5-16)26-22(29)13-33-23(30)20-12-18(27(31)32)8-11-21(20)34-19-9-2-15(24)3-10-19/h2-12H,13H2,1H3,(H,25,28)(H,26,29). The lowest BCUT2D eigenvalue weighted by molar-refractivity contribution is -0.384. The second kappa shape index (κ2) is 11.3. The molecule has 34 heavy (non-hydrogen) atoms. The molecule has 0 aliphatic carbocycles. The highest BCUT2D eigenvalue weighted by molar-refractivity contribution is 7.99. The Kier molecular flexibility index (Phi) is 8.23. The lowest BCUT2D eigenvalue weighted by Crippen LogP contribution is -2.21. The SMILES string of the molecule is CC(=O)Nc1ccc(NC(=O)COC(=O)c2cc([N+](=O)[O-])ccc2Sc2ccc(Cl)cc2)cc1. The zero-order valence-electron chi connectivity index (χ0n) is 17.7. The molecule has 0 aliphatic rings. The first-order valence-electron chi connectivity index (χ1n) is 9.78. The number of carbonyl (C=O) groups is 3. The third-order valence-electron chi connectivity index (χ3n) is 4.26. The van der Waals surface area contributed by atoms with Gasteiger partial charge in [0.25, 0.3) is 11.6 Å². The minimum Gasteiger partial charge on any atom is -0.452 e. The number of nitrogens with zero attached hydrogens (tertiary/aromatic N) is 1. The largest absolute Gasteiger partial charge is 0.452 e. The first kappa shape index (κ1) is 24.7. The van der Waals surface area contributed by atoms with Gasteiger partial charge in [0.15, 0.2) is 6.61 Å². The number of hydrogen-bond acceptors (Lipinski definition) is 7. The third-order valence-corrected chi connectivity index (χ3v) is 5.59. The Bertz CT molecular complexity index is 1230. The molecule has 0 heterocycles. The number of carbonyl (C=O) groups excluding carboxylic acids is 3. The van der Waals surface area contributed by atoms with Crippen molar-refractivity contribution in [3.8, 4) is 0 Å². The van der Waals surface area contributed by atoms with Crippen molar-refractivity contribution in [3.05, 3.63) is 87.4 Å². The average Bonchev–Trinajstić information content (AvgIpc) is 2.80. The summed E-state index contributed by atoms with van der Waals surface area (Å²) in [7, 11) is 0. The molecule has 0 saturated heterocycles. The summed E-state index contributed by atoms with van der Waals surface area (Å²) >= 11 is 7.10. The summed E-state index contributed by atoms with van der Waals surface area (Å²) in [6.07, 6.45) is 0. The van der Waals surface area contributed by atoms with Crippen LogP contribution in [0.3, 0.4) is 0 Å². The van der Waals surface area contributed by atoms with Gasteiger partial charge in [-0.1, -0.05) is 23.4 Å². The normalized spacial score (nSPS) is 10.3. The number of hydrogen-bond donors (Lipinski definition) is 2. The molecule has 2 amide bonds. The fraction of sp³-hybridized carbons (Fsp3) is 0.0870. The molecule has 0 aliphatic heterocycles. The van der Waals surface area contributed by atoms with Crippen molar-refractivity contribution in [1.82, 2.24) is 0 Å². The predicted octanol–water partition coefficient (Wildman–Crippen LogP) is 5.15. The number of anilines is 2. The Balaban J connectivity index is 1.68. The highest BCUT2D eigenvalue weighted by atomic mass is 35.5. The van der Waals surface area contributed by atoms with E-state index in [-0.39, 0.29) is 17.2 Å². The lowest BCUT2D eigenvalue weighted by atomic mass is 10.2. The predicted molar refractivity (Wildman–Crippen MR) is 128 cm³/mol. The van der Waals surface area contributed by atoms with Gasteiger partial charge in [-0.2, -0.15) is 0 Å². The van der Waals surface area contributed by atoms with Crippen LogP contribution in [0.5, 0.6) is 0 Å². The molecule has 3 aromatic rings. The molecule has 3 rings (SSSR count). The molecule has 0 aromatic heterocycles. The zero-order chi connectivity index (χ0) is 24.7. The topological polar surface area (TPSA) is 128 Å². The Morgan fingerprint density at radius 2 is 1.59 bits per heavy atom. The minimum atomic E-state index is -0.878. The summed E-state index contributed by atoms with van der Waals surface area (Å²) in [6.45, 7) is 0.783. The van der Waals surface area contributed by atoms with Crippen molar-refractivity contribution < 1.29 is 24.0 Å². The van der Waals surface area contributed by atoms with Crippen molar-refractivity contribution in [2.45, 2.75) is 16.7 Å². The Hall–Kier alpha value is -3.89. The Labute approximate surface area is 203 Å². The van der Waals surface area contributed by atoms with E-state index in [4.69, 9.17) is 16.3 Å². The fourth-order valence-electron chi connectivity index (χ4n) is 2.76. The van der Waals surface area contributed by atoms with Crippen LogP contribution in [0.2, 0.25) is 5.02 Å². The number of rotatable bonds is 8. The van der Waals surface area contributed by atoms with Gasteiger partial charge in [-0.3, -0.25) is 19.7 Å². The van der Waals surface area contributed by atoms with Crippen LogP contribution >= 0.6 is 23.4 Å². The smallest absolute Gasteiger partial charge is 0.340 e. The molecular weight excluding hydrogens is 482 g/mol. The van der Waals surface area contributed by atoms with E-state index >= 15 is 0 Å². The number of amides is 2. The van der Waals surface area contributed by atoms with E-state index in [9.17, 15) is 24.5 Å². The molecule has 0 spiro atoms. The first-order chi connectivity index (χ1) is 16.2. The molecule has 2 N–H and O–H groups in total. The van der Waals surface area contributed by atoms with E-state index in [1.54, 1.807) is 48.5 Å². The van der Waals surface area contributed by atoms with Crippen LogP contribution in [0.25, 0.3) is 0 Å². The number of ether oxygens (including phenoxy) is 1. The van der Waals surface area contributed by atoms with E-state index in [0.717, 1.165) is 11.0 Å². The van der Waals surface area contributed by atoms with Gasteiger partial charge >= 0.3 is 5.97 Å². The molecular formula is C23H18ClN3O6S. The summed E-state index contributed by atoms with van der Waals surface area (Å²) in [6, 6.07) is 17.1. The van der Waals surface area contributed by atoms with Gasteiger partial charge < -0.3 is 15.4 Å². The van der Waals surface area contributed by atoms with E-state index in [2.05, 4.69) is 10.6 Å². The van der Waals surface area contributed by atoms with Crippen molar-refractivity contribution in [2.75, 3.05) is 17.2 Å². The lowest BCUT2D eigenvalue weighted by Gasteiger charge is -2.10. The molecule has 3 aromatic carbocycles. The molecule has 0 fully saturated rings. The number of nitro benzene ring substituents is 1. The Morgan fingerprint density at radius 3 is 2.18 bits per heavy atom. The summed E-state index contributed by atoms with van der Waals surface area (Å²) in [5.41, 5.74) is 0.676. The summed E-state index contributed by atoms with van der Waals surface area (Å²) in [5.74, 6) is -1.70. The third kappa shape index (κ3) is 7.06.